The van der Waals surface area contributed by atoms with E-state index in [1.807, 2.05) is 25.4 Å². The number of hydrogen-bond acceptors (Lipinski definition) is 5. The van der Waals surface area contributed by atoms with Gasteiger partial charge in [0.2, 0.25) is 0 Å². The SMILES string of the molecule is CCc1nc(NC)c(C)c(N(C)CCc2ccccn2)n1. The zero-order valence-corrected chi connectivity index (χ0v) is 13.2. The molecule has 2 aromatic heterocycles. The van der Waals surface area contributed by atoms with Crippen LogP contribution in [0.1, 0.15) is 24.0 Å². The van der Waals surface area contributed by atoms with Crippen molar-refractivity contribution in [2.24, 2.45) is 0 Å². The van der Waals surface area contributed by atoms with E-state index in [9.17, 15) is 0 Å². The first-order valence-corrected chi connectivity index (χ1v) is 7.32. The fraction of sp³-hybridized carbons (Fsp3) is 0.438. The Kier molecular flexibility index (Phi) is 5.09. The summed E-state index contributed by atoms with van der Waals surface area (Å²) < 4.78 is 0. The second-order valence-corrected chi connectivity index (χ2v) is 5.03. The van der Waals surface area contributed by atoms with E-state index < -0.39 is 0 Å². The van der Waals surface area contributed by atoms with Crippen LogP contribution in [0.2, 0.25) is 0 Å². The predicted octanol–water partition coefficient (Wildman–Crippen LogP) is 2.46. The van der Waals surface area contributed by atoms with Crippen molar-refractivity contribution in [2.45, 2.75) is 26.7 Å². The summed E-state index contributed by atoms with van der Waals surface area (Å²) in [4.78, 5) is 15.7. The highest BCUT2D eigenvalue weighted by Crippen LogP contribution is 2.22. The lowest BCUT2D eigenvalue weighted by Gasteiger charge is -2.22. The number of hydrogen-bond donors (Lipinski definition) is 1. The number of aryl methyl sites for hydroxylation is 1. The van der Waals surface area contributed by atoms with Crippen molar-refractivity contribution in [3.63, 3.8) is 0 Å². The Morgan fingerprint density at radius 2 is 2.05 bits per heavy atom. The number of nitrogens with one attached hydrogen (secondary N) is 1. The molecule has 0 amide bonds. The molecule has 0 atom stereocenters. The van der Waals surface area contributed by atoms with Crippen LogP contribution in [-0.2, 0) is 12.8 Å². The topological polar surface area (TPSA) is 53.9 Å². The van der Waals surface area contributed by atoms with Gasteiger partial charge < -0.3 is 10.2 Å². The number of nitrogens with zero attached hydrogens (tertiary/aromatic N) is 4. The van der Waals surface area contributed by atoms with Crippen molar-refractivity contribution in [3.05, 3.63) is 41.5 Å². The van der Waals surface area contributed by atoms with Gasteiger partial charge in [-0.1, -0.05) is 13.0 Å². The first-order chi connectivity index (χ1) is 10.2. The standard InChI is InChI=1S/C16H23N5/c1-5-14-19-15(17-3)12(2)16(20-14)21(4)11-9-13-8-6-7-10-18-13/h6-8,10H,5,9,11H2,1-4H3,(H,17,19,20). The third kappa shape index (κ3) is 3.68. The van der Waals surface area contributed by atoms with E-state index >= 15 is 0 Å². The van der Waals surface area contributed by atoms with Gasteiger partial charge in [0.15, 0.2) is 0 Å². The van der Waals surface area contributed by atoms with Crippen LogP contribution < -0.4 is 10.2 Å². The van der Waals surface area contributed by atoms with Crippen molar-refractivity contribution in [1.82, 2.24) is 15.0 Å². The molecule has 2 aromatic rings. The maximum atomic E-state index is 4.67. The third-order valence-corrected chi connectivity index (χ3v) is 3.51. The third-order valence-electron chi connectivity index (χ3n) is 3.51. The molecule has 5 nitrogen and oxygen atoms in total. The highest BCUT2D eigenvalue weighted by Gasteiger charge is 2.13. The van der Waals surface area contributed by atoms with E-state index in [-0.39, 0.29) is 0 Å². The monoisotopic (exact) mass is 285 g/mol. The molecule has 0 aliphatic carbocycles. The van der Waals surface area contributed by atoms with Crippen LogP contribution in [0.3, 0.4) is 0 Å². The highest BCUT2D eigenvalue weighted by molar-refractivity contribution is 5.58. The van der Waals surface area contributed by atoms with E-state index in [2.05, 4.69) is 52.1 Å². The molecule has 0 fully saturated rings. The molecule has 1 N–H and O–H groups in total. The first-order valence-electron chi connectivity index (χ1n) is 7.32. The number of likely N-dealkylation sites (N-methyl/N-ethyl adjacent to an activating group) is 1. The van der Waals surface area contributed by atoms with Crippen LogP contribution in [-0.4, -0.2) is 35.6 Å². The Hall–Kier alpha value is -2.17. The van der Waals surface area contributed by atoms with Crippen LogP contribution in [0.4, 0.5) is 11.6 Å². The average Bonchev–Trinajstić information content (AvgIpc) is 2.53. The van der Waals surface area contributed by atoms with Gasteiger partial charge in [-0.3, -0.25) is 4.98 Å². The van der Waals surface area contributed by atoms with Crippen LogP contribution in [0.25, 0.3) is 0 Å². The molecule has 0 unspecified atom stereocenters. The number of pyridine rings is 1. The zero-order chi connectivity index (χ0) is 15.2. The zero-order valence-electron chi connectivity index (χ0n) is 13.2. The van der Waals surface area contributed by atoms with Gasteiger partial charge in [-0.2, -0.15) is 0 Å². The second kappa shape index (κ2) is 7.02. The van der Waals surface area contributed by atoms with Crippen molar-refractivity contribution in [3.8, 4) is 0 Å². The number of aromatic nitrogens is 3. The van der Waals surface area contributed by atoms with E-state index in [1.54, 1.807) is 0 Å². The highest BCUT2D eigenvalue weighted by atomic mass is 15.2. The summed E-state index contributed by atoms with van der Waals surface area (Å²) in [7, 11) is 3.96. The Balaban J connectivity index is 2.16. The fourth-order valence-corrected chi connectivity index (χ4v) is 2.26. The summed E-state index contributed by atoms with van der Waals surface area (Å²) in [5.41, 5.74) is 2.18. The van der Waals surface area contributed by atoms with E-state index in [1.165, 1.54) is 0 Å². The summed E-state index contributed by atoms with van der Waals surface area (Å²) in [5, 5.41) is 3.15. The lowest BCUT2D eigenvalue weighted by molar-refractivity contribution is 0.817. The molecule has 0 saturated carbocycles. The van der Waals surface area contributed by atoms with Crippen LogP contribution in [0.15, 0.2) is 24.4 Å². The van der Waals surface area contributed by atoms with Crippen LogP contribution in [0, 0.1) is 6.92 Å². The molecule has 0 aromatic carbocycles. The quantitative estimate of drug-likeness (QED) is 0.883. The summed E-state index contributed by atoms with van der Waals surface area (Å²) in [5.74, 6) is 2.76. The Morgan fingerprint density at radius 3 is 2.67 bits per heavy atom. The van der Waals surface area contributed by atoms with Crippen molar-refractivity contribution < 1.29 is 0 Å². The van der Waals surface area contributed by atoms with E-state index in [0.29, 0.717) is 0 Å². The van der Waals surface area contributed by atoms with Crippen LogP contribution in [0.5, 0.6) is 0 Å². The molecule has 21 heavy (non-hydrogen) atoms. The molecule has 2 heterocycles. The normalized spacial score (nSPS) is 10.5. The molecule has 2 rings (SSSR count). The fourth-order valence-electron chi connectivity index (χ4n) is 2.26. The Labute approximate surface area is 126 Å². The lowest BCUT2D eigenvalue weighted by Crippen LogP contribution is -2.24. The maximum Gasteiger partial charge on any atom is 0.137 e. The Morgan fingerprint density at radius 1 is 1.24 bits per heavy atom. The van der Waals surface area contributed by atoms with Crippen LogP contribution >= 0.6 is 0 Å². The molecular formula is C16H23N5. The van der Waals surface area contributed by atoms with E-state index in [0.717, 1.165) is 48.1 Å². The molecule has 0 radical (unpaired) electrons. The smallest absolute Gasteiger partial charge is 0.137 e. The van der Waals surface area contributed by atoms with Gasteiger partial charge in [0.05, 0.1) is 0 Å². The van der Waals surface area contributed by atoms with Gasteiger partial charge in [0.25, 0.3) is 0 Å². The minimum atomic E-state index is 0.829. The summed E-state index contributed by atoms with van der Waals surface area (Å²) in [6.45, 7) is 5.00. The molecule has 0 saturated heterocycles. The lowest BCUT2D eigenvalue weighted by atomic mass is 10.2. The van der Waals surface area contributed by atoms with Gasteiger partial charge in [0.1, 0.15) is 17.5 Å². The number of rotatable bonds is 6. The summed E-state index contributed by atoms with van der Waals surface area (Å²) >= 11 is 0. The summed E-state index contributed by atoms with van der Waals surface area (Å²) in [6, 6.07) is 6.01. The van der Waals surface area contributed by atoms with Gasteiger partial charge in [0, 0.05) is 50.9 Å². The molecule has 0 aliphatic rings. The predicted molar refractivity (Wildman–Crippen MR) is 86.9 cm³/mol. The first kappa shape index (κ1) is 15.2. The molecular weight excluding hydrogens is 262 g/mol. The van der Waals surface area contributed by atoms with Crippen molar-refractivity contribution in [1.29, 1.82) is 0 Å². The number of anilines is 2. The average molecular weight is 285 g/mol. The molecule has 0 spiro atoms. The Bertz CT molecular complexity index is 583. The minimum absolute atomic E-state index is 0.829. The molecule has 0 bridgehead atoms. The second-order valence-electron chi connectivity index (χ2n) is 5.03. The minimum Gasteiger partial charge on any atom is -0.373 e. The van der Waals surface area contributed by atoms with Gasteiger partial charge >= 0.3 is 0 Å². The summed E-state index contributed by atoms with van der Waals surface area (Å²) in [6.07, 6.45) is 3.56. The molecule has 5 heteroatoms. The van der Waals surface area contributed by atoms with Gasteiger partial charge in [-0.15, -0.1) is 0 Å². The largest absolute Gasteiger partial charge is 0.373 e. The molecule has 112 valence electrons. The van der Waals surface area contributed by atoms with Crippen molar-refractivity contribution in [2.75, 3.05) is 30.9 Å². The van der Waals surface area contributed by atoms with Crippen molar-refractivity contribution >= 4 is 11.6 Å². The molecule has 0 aliphatic heterocycles. The van der Waals surface area contributed by atoms with Gasteiger partial charge in [-0.05, 0) is 19.1 Å². The van der Waals surface area contributed by atoms with E-state index in [4.69, 9.17) is 0 Å². The van der Waals surface area contributed by atoms with Gasteiger partial charge in [-0.25, -0.2) is 9.97 Å². The maximum absolute atomic E-state index is 4.67.